The van der Waals surface area contributed by atoms with E-state index in [0.717, 1.165) is 50.1 Å². The summed E-state index contributed by atoms with van der Waals surface area (Å²) in [6.07, 6.45) is 0. The third-order valence-electron chi connectivity index (χ3n) is 10.9. The maximum Gasteiger partial charge on any atom is 0.137 e. The molecule has 0 N–H and O–H groups in total. The molecule has 9 aromatic carbocycles. The number of hydrogen-bond acceptors (Lipinski definition) is 3. The van der Waals surface area contributed by atoms with Crippen molar-refractivity contribution >= 4 is 81.3 Å². The number of rotatable bonds is 6. The van der Waals surface area contributed by atoms with Gasteiger partial charge in [-0.1, -0.05) is 140 Å². The Morgan fingerprint density at radius 3 is 1.91 bits per heavy atom. The Labute approximate surface area is 322 Å². The van der Waals surface area contributed by atoms with Gasteiger partial charge in [0.25, 0.3) is 0 Å². The van der Waals surface area contributed by atoms with Crippen LogP contribution in [-0.4, -0.2) is 0 Å². The quantitative estimate of drug-likeness (QED) is 0.170. The van der Waals surface area contributed by atoms with Crippen LogP contribution in [0.3, 0.4) is 0 Å². The molecule has 11 rings (SSSR count). The van der Waals surface area contributed by atoms with Crippen molar-refractivity contribution in [1.82, 2.24) is 0 Å². The molecule has 0 unspecified atom stereocenters. The van der Waals surface area contributed by atoms with Crippen molar-refractivity contribution in [3.05, 3.63) is 200 Å². The highest BCUT2D eigenvalue weighted by Gasteiger charge is 2.20. The lowest BCUT2D eigenvalue weighted by Gasteiger charge is -2.28. The fourth-order valence-corrected chi connectivity index (χ4v) is 9.40. The van der Waals surface area contributed by atoms with Crippen molar-refractivity contribution < 1.29 is 4.42 Å². The van der Waals surface area contributed by atoms with Gasteiger partial charge in [0, 0.05) is 53.9 Å². The molecular formula is C52H33NOS. The van der Waals surface area contributed by atoms with Crippen molar-refractivity contribution in [2.45, 2.75) is 0 Å². The van der Waals surface area contributed by atoms with Gasteiger partial charge in [-0.2, -0.15) is 0 Å². The van der Waals surface area contributed by atoms with Crippen molar-refractivity contribution in [2.24, 2.45) is 0 Å². The molecule has 0 bridgehead atoms. The monoisotopic (exact) mass is 719 g/mol. The molecule has 11 aromatic rings. The smallest absolute Gasteiger partial charge is 0.137 e. The van der Waals surface area contributed by atoms with Crippen LogP contribution < -0.4 is 4.90 Å². The zero-order valence-corrected chi connectivity index (χ0v) is 30.6. The second-order valence-corrected chi connectivity index (χ2v) is 15.2. The summed E-state index contributed by atoms with van der Waals surface area (Å²) in [5.74, 6) is 0. The summed E-state index contributed by atoms with van der Waals surface area (Å²) in [5, 5.41) is 7.35. The molecule has 2 heterocycles. The average Bonchev–Trinajstić information content (AvgIpc) is 3.81. The van der Waals surface area contributed by atoms with Gasteiger partial charge in [-0.25, -0.2) is 0 Å². The van der Waals surface area contributed by atoms with E-state index < -0.39 is 0 Å². The number of furan rings is 1. The molecule has 0 spiro atoms. The molecule has 55 heavy (non-hydrogen) atoms. The summed E-state index contributed by atoms with van der Waals surface area (Å²) in [4.78, 5) is 2.38. The molecule has 3 heteroatoms. The van der Waals surface area contributed by atoms with Crippen molar-refractivity contribution in [3.8, 4) is 33.4 Å². The first-order valence-electron chi connectivity index (χ1n) is 18.7. The van der Waals surface area contributed by atoms with Crippen LogP contribution in [-0.2, 0) is 0 Å². The molecular weight excluding hydrogens is 687 g/mol. The highest BCUT2D eigenvalue weighted by molar-refractivity contribution is 7.25. The normalized spacial score (nSPS) is 11.6. The van der Waals surface area contributed by atoms with E-state index in [4.69, 9.17) is 4.42 Å². The van der Waals surface area contributed by atoms with Gasteiger partial charge >= 0.3 is 0 Å². The van der Waals surface area contributed by atoms with Crippen LogP contribution in [0.2, 0.25) is 0 Å². The minimum absolute atomic E-state index is 0.867. The number of benzene rings is 9. The Hall–Kier alpha value is -6.94. The molecule has 0 saturated heterocycles. The van der Waals surface area contributed by atoms with Crippen molar-refractivity contribution in [3.63, 3.8) is 0 Å². The summed E-state index contributed by atoms with van der Waals surface area (Å²) >= 11 is 1.85. The van der Waals surface area contributed by atoms with E-state index in [1.54, 1.807) is 0 Å². The van der Waals surface area contributed by atoms with E-state index in [1.165, 1.54) is 53.2 Å². The first-order chi connectivity index (χ1) is 27.2. The van der Waals surface area contributed by atoms with Gasteiger partial charge in [0.1, 0.15) is 11.2 Å². The fourth-order valence-electron chi connectivity index (χ4n) is 8.26. The van der Waals surface area contributed by atoms with E-state index in [2.05, 4.69) is 193 Å². The number of thiophene rings is 1. The van der Waals surface area contributed by atoms with E-state index in [0.29, 0.717) is 0 Å². The predicted molar refractivity (Wildman–Crippen MR) is 235 cm³/mol. The predicted octanol–water partition coefficient (Wildman–Crippen LogP) is 15.6. The lowest BCUT2D eigenvalue weighted by atomic mass is 9.95. The highest BCUT2D eigenvalue weighted by atomic mass is 32.1. The Morgan fingerprint density at radius 2 is 0.964 bits per heavy atom. The molecule has 0 radical (unpaired) electrons. The van der Waals surface area contributed by atoms with Crippen LogP contribution >= 0.6 is 11.3 Å². The van der Waals surface area contributed by atoms with E-state index >= 15 is 0 Å². The fraction of sp³-hybridized carbons (Fsp3) is 0. The SMILES string of the molecule is c1cc(-c2cccc(N(c3ccc4c(c3)oc3ccccc34)c3ccccc3-c3ccc4c(c3)sc3ccccc34)c2)cc(-c2cccc3ccccc23)c1. The molecule has 2 aromatic heterocycles. The summed E-state index contributed by atoms with van der Waals surface area (Å²) in [6.45, 7) is 0. The summed E-state index contributed by atoms with van der Waals surface area (Å²) in [6, 6.07) is 72.3. The van der Waals surface area contributed by atoms with Crippen LogP contribution in [0.15, 0.2) is 205 Å². The number of anilines is 3. The average molecular weight is 720 g/mol. The third kappa shape index (κ3) is 5.40. The molecule has 0 saturated carbocycles. The second-order valence-electron chi connectivity index (χ2n) is 14.1. The van der Waals surface area contributed by atoms with E-state index in [-0.39, 0.29) is 0 Å². The lowest BCUT2D eigenvalue weighted by Crippen LogP contribution is -2.11. The first kappa shape index (κ1) is 31.6. The van der Waals surface area contributed by atoms with E-state index in [1.807, 2.05) is 23.5 Å². The molecule has 2 nitrogen and oxygen atoms in total. The maximum absolute atomic E-state index is 6.46. The van der Waals surface area contributed by atoms with E-state index in [9.17, 15) is 0 Å². The maximum atomic E-state index is 6.46. The minimum Gasteiger partial charge on any atom is -0.456 e. The topological polar surface area (TPSA) is 16.4 Å². The standard InChI is InChI=1S/C52H33NOS/c1-2-18-41-34(12-1)13-11-22-42(41)37-16-9-14-35(30-37)36-15-10-17-39(31-36)53(40-27-29-45-44-20-4-7-24-49(44)54-50(45)33-40)48-23-6-3-19-43(48)38-26-28-47-46-21-5-8-25-51(46)55-52(47)32-38/h1-33H. The van der Waals surface area contributed by atoms with Crippen LogP contribution in [0.5, 0.6) is 0 Å². The minimum atomic E-state index is 0.867. The van der Waals surface area contributed by atoms with Crippen molar-refractivity contribution in [2.75, 3.05) is 4.90 Å². The highest BCUT2D eigenvalue weighted by Crippen LogP contribution is 2.45. The number of para-hydroxylation sites is 2. The zero-order valence-electron chi connectivity index (χ0n) is 29.8. The molecule has 0 fully saturated rings. The van der Waals surface area contributed by atoms with Gasteiger partial charge in [-0.05, 0) is 93.2 Å². The molecule has 0 aliphatic heterocycles. The molecule has 258 valence electrons. The van der Waals surface area contributed by atoms with Gasteiger partial charge in [-0.3, -0.25) is 0 Å². The summed E-state index contributed by atoms with van der Waals surface area (Å²) < 4.78 is 9.06. The summed E-state index contributed by atoms with van der Waals surface area (Å²) in [5.41, 5.74) is 12.1. The third-order valence-corrected chi connectivity index (χ3v) is 12.0. The van der Waals surface area contributed by atoms with Gasteiger partial charge in [-0.15, -0.1) is 11.3 Å². The van der Waals surface area contributed by atoms with Crippen LogP contribution in [0.4, 0.5) is 17.1 Å². The second kappa shape index (κ2) is 12.9. The van der Waals surface area contributed by atoms with Crippen LogP contribution in [0.25, 0.3) is 86.3 Å². The van der Waals surface area contributed by atoms with Gasteiger partial charge in [0.05, 0.1) is 5.69 Å². The van der Waals surface area contributed by atoms with Crippen LogP contribution in [0, 0.1) is 0 Å². The lowest BCUT2D eigenvalue weighted by molar-refractivity contribution is 0.669. The Balaban J connectivity index is 1.08. The Kier molecular flexibility index (Phi) is 7.39. The van der Waals surface area contributed by atoms with Gasteiger partial charge < -0.3 is 9.32 Å². The largest absolute Gasteiger partial charge is 0.456 e. The van der Waals surface area contributed by atoms with Gasteiger partial charge in [0.2, 0.25) is 0 Å². The first-order valence-corrected chi connectivity index (χ1v) is 19.5. The molecule has 0 aliphatic rings. The number of nitrogens with zero attached hydrogens (tertiary/aromatic N) is 1. The Morgan fingerprint density at radius 1 is 0.345 bits per heavy atom. The number of hydrogen-bond donors (Lipinski definition) is 0. The zero-order chi connectivity index (χ0) is 36.3. The van der Waals surface area contributed by atoms with Crippen molar-refractivity contribution in [1.29, 1.82) is 0 Å². The molecule has 0 atom stereocenters. The number of fused-ring (bicyclic) bond motifs is 7. The summed E-state index contributed by atoms with van der Waals surface area (Å²) in [7, 11) is 0. The molecule has 0 amide bonds. The van der Waals surface area contributed by atoms with Crippen LogP contribution in [0.1, 0.15) is 0 Å². The Bertz CT molecular complexity index is 3240. The van der Waals surface area contributed by atoms with Gasteiger partial charge in [0.15, 0.2) is 0 Å². The molecule has 0 aliphatic carbocycles.